The van der Waals surface area contributed by atoms with Crippen LogP contribution >= 0.6 is 11.3 Å². The van der Waals surface area contributed by atoms with E-state index in [0.717, 1.165) is 0 Å². The van der Waals surface area contributed by atoms with Crippen LogP contribution in [0.4, 0.5) is 4.79 Å². The van der Waals surface area contributed by atoms with E-state index in [2.05, 4.69) is 23.0 Å². The van der Waals surface area contributed by atoms with Crippen molar-refractivity contribution in [2.24, 2.45) is 5.73 Å². The first-order valence-corrected chi connectivity index (χ1v) is 5.27. The number of carbonyl (C=O) groups excluding carboxylic acids is 1. The molecule has 1 rings (SSSR count). The van der Waals surface area contributed by atoms with E-state index in [0.29, 0.717) is 13.2 Å². The molecule has 14 heavy (non-hydrogen) atoms. The van der Waals surface area contributed by atoms with Gasteiger partial charge in [-0.05, 0) is 18.4 Å². The number of hydrogen-bond acceptors (Lipinski definition) is 4. The van der Waals surface area contributed by atoms with Crippen molar-refractivity contribution in [2.75, 3.05) is 13.2 Å². The van der Waals surface area contributed by atoms with Gasteiger partial charge in [-0.3, -0.25) is 0 Å². The molecule has 0 spiro atoms. The van der Waals surface area contributed by atoms with Gasteiger partial charge in [-0.1, -0.05) is 6.07 Å². The Bertz CT molecular complexity index is 274. The quantitative estimate of drug-likeness (QED) is 0.730. The Hall–Kier alpha value is -1.07. The maximum absolute atomic E-state index is 10.2. The molecule has 1 unspecified atom stereocenters. The highest BCUT2D eigenvalue weighted by atomic mass is 32.1. The number of thiophene rings is 1. The standard InChI is InChI=1S/C9H14N2O2S/c1-7(8-3-2-6-14-8)11-4-5-13-9(10)12/h2-3,6-7,11H,4-5H2,1H3,(H2,10,12). The van der Waals surface area contributed by atoms with Crippen molar-refractivity contribution in [1.82, 2.24) is 5.32 Å². The number of rotatable bonds is 5. The maximum Gasteiger partial charge on any atom is 0.404 e. The summed E-state index contributed by atoms with van der Waals surface area (Å²) in [5, 5.41) is 5.25. The number of nitrogens with one attached hydrogen (secondary N) is 1. The molecular formula is C9H14N2O2S. The number of nitrogens with two attached hydrogens (primary N) is 1. The van der Waals surface area contributed by atoms with Gasteiger partial charge in [0.1, 0.15) is 6.61 Å². The predicted octanol–water partition coefficient (Wildman–Crippen LogP) is 1.49. The normalized spacial score (nSPS) is 12.4. The van der Waals surface area contributed by atoms with Gasteiger partial charge in [-0.2, -0.15) is 0 Å². The van der Waals surface area contributed by atoms with E-state index in [1.807, 2.05) is 11.4 Å². The number of amides is 1. The number of carbonyl (C=O) groups is 1. The lowest BCUT2D eigenvalue weighted by atomic mass is 10.3. The van der Waals surface area contributed by atoms with Crippen LogP contribution in [0.1, 0.15) is 17.8 Å². The minimum absolute atomic E-state index is 0.284. The van der Waals surface area contributed by atoms with E-state index < -0.39 is 6.09 Å². The molecule has 0 saturated heterocycles. The second-order valence-electron chi connectivity index (χ2n) is 2.86. The van der Waals surface area contributed by atoms with Gasteiger partial charge in [0.2, 0.25) is 0 Å². The van der Waals surface area contributed by atoms with E-state index in [-0.39, 0.29) is 6.04 Å². The molecule has 0 saturated carbocycles. The monoisotopic (exact) mass is 214 g/mol. The summed E-state index contributed by atoms with van der Waals surface area (Å²) in [6.45, 7) is 2.99. The van der Waals surface area contributed by atoms with Gasteiger partial charge >= 0.3 is 6.09 Å². The first kappa shape index (κ1) is 11.0. The maximum atomic E-state index is 10.2. The third-order valence-electron chi connectivity index (χ3n) is 1.77. The van der Waals surface area contributed by atoms with Gasteiger partial charge in [0.15, 0.2) is 0 Å². The molecule has 0 aromatic carbocycles. The minimum Gasteiger partial charge on any atom is -0.448 e. The van der Waals surface area contributed by atoms with Gasteiger partial charge in [-0.15, -0.1) is 11.3 Å². The summed E-state index contributed by atoms with van der Waals surface area (Å²) in [6.07, 6.45) is -0.726. The molecule has 0 aliphatic heterocycles. The molecule has 78 valence electrons. The molecule has 0 fully saturated rings. The highest BCUT2D eigenvalue weighted by Gasteiger charge is 2.04. The van der Waals surface area contributed by atoms with E-state index in [1.54, 1.807) is 11.3 Å². The van der Waals surface area contributed by atoms with Gasteiger partial charge < -0.3 is 15.8 Å². The van der Waals surface area contributed by atoms with Crippen molar-refractivity contribution in [3.63, 3.8) is 0 Å². The van der Waals surface area contributed by atoms with Crippen molar-refractivity contribution in [3.8, 4) is 0 Å². The molecule has 1 aromatic heterocycles. The summed E-state index contributed by atoms with van der Waals surface area (Å²) in [6, 6.07) is 4.36. The molecule has 1 atom stereocenters. The molecule has 4 nitrogen and oxygen atoms in total. The van der Waals surface area contributed by atoms with Gasteiger partial charge in [-0.25, -0.2) is 4.79 Å². The van der Waals surface area contributed by atoms with Crippen LogP contribution < -0.4 is 11.1 Å². The lowest BCUT2D eigenvalue weighted by molar-refractivity contribution is 0.156. The average molecular weight is 214 g/mol. The summed E-state index contributed by atoms with van der Waals surface area (Å²) in [7, 11) is 0. The minimum atomic E-state index is -0.726. The number of ether oxygens (including phenoxy) is 1. The van der Waals surface area contributed by atoms with Crippen LogP contribution in [0.2, 0.25) is 0 Å². The first-order chi connectivity index (χ1) is 6.70. The predicted molar refractivity (Wildman–Crippen MR) is 56.3 cm³/mol. The molecule has 0 aliphatic carbocycles. The van der Waals surface area contributed by atoms with Crippen LogP contribution in [0.5, 0.6) is 0 Å². The molecule has 0 aliphatic rings. The van der Waals surface area contributed by atoms with Crippen molar-refractivity contribution in [1.29, 1.82) is 0 Å². The first-order valence-electron chi connectivity index (χ1n) is 4.39. The third kappa shape index (κ3) is 3.76. The number of hydrogen-bond donors (Lipinski definition) is 2. The van der Waals surface area contributed by atoms with E-state index >= 15 is 0 Å². The van der Waals surface area contributed by atoms with Crippen LogP contribution in [0, 0.1) is 0 Å². The summed E-state index contributed by atoms with van der Waals surface area (Å²) >= 11 is 1.70. The Balaban J connectivity index is 2.16. The summed E-state index contributed by atoms with van der Waals surface area (Å²) in [4.78, 5) is 11.5. The third-order valence-corrected chi connectivity index (χ3v) is 2.82. The molecule has 1 amide bonds. The fourth-order valence-electron chi connectivity index (χ4n) is 1.07. The zero-order chi connectivity index (χ0) is 10.4. The number of primary amides is 1. The van der Waals surface area contributed by atoms with Crippen molar-refractivity contribution >= 4 is 17.4 Å². The highest BCUT2D eigenvalue weighted by molar-refractivity contribution is 7.10. The summed E-state index contributed by atoms with van der Waals surface area (Å²) < 4.78 is 4.59. The average Bonchev–Trinajstić information content (AvgIpc) is 2.64. The smallest absolute Gasteiger partial charge is 0.404 e. The largest absolute Gasteiger partial charge is 0.448 e. The van der Waals surface area contributed by atoms with E-state index in [9.17, 15) is 4.79 Å². The zero-order valence-electron chi connectivity index (χ0n) is 8.03. The highest BCUT2D eigenvalue weighted by Crippen LogP contribution is 2.17. The van der Waals surface area contributed by atoms with Gasteiger partial charge in [0, 0.05) is 17.5 Å². The molecule has 1 heterocycles. The Labute approximate surface area is 87.1 Å². The molecule has 3 N–H and O–H groups in total. The van der Waals surface area contributed by atoms with Crippen LogP contribution in [0.15, 0.2) is 17.5 Å². The second kappa shape index (κ2) is 5.62. The topological polar surface area (TPSA) is 64.3 Å². The Morgan fingerprint density at radius 3 is 3.14 bits per heavy atom. The van der Waals surface area contributed by atoms with Crippen molar-refractivity contribution < 1.29 is 9.53 Å². The van der Waals surface area contributed by atoms with Crippen LogP contribution in [0.25, 0.3) is 0 Å². The Morgan fingerprint density at radius 2 is 2.57 bits per heavy atom. The molecule has 0 bridgehead atoms. The van der Waals surface area contributed by atoms with Gasteiger partial charge in [0.25, 0.3) is 0 Å². The summed E-state index contributed by atoms with van der Waals surface area (Å²) in [5.74, 6) is 0. The lowest BCUT2D eigenvalue weighted by Gasteiger charge is -2.11. The van der Waals surface area contributed by atoms with E-state index in [1.165, 1.54) is 4.88 Å². The van der Waals surface area contributed by atoms with Crippen molar-refractivity contribution in [2.45, 2.75) is 13.0 Å². The van der Waals surface area contributed by atoms with Gasteiger partial charge in [0.05, 0.1) is 0 Å². The molecule has 1 aromatic rings. The molecule has 5 heteroatoms. The fraction of sp³-hybridized carbons (Fsp3) is 0.444. The Morgan fingerprint density at radius 1 is 1.79 bits per heavy atom. The zero-order valence-corrected chi connectivity index (χ0v) is 8.84. The van der Waals surface area contributed by atoms with Crippen LogP contribution in [-0.4, -0.2) is 19.2 Å². The fourth-order valence-corrected chi connectivity index (χ4v) is 1.82. The molecule has 0 radical (unpaired) electrons. The Kier molecular flexibility index (Phi) is 4.42. The van der Waals surface area contributed by atoms with E-state index in [4.69, 9.17) is 5.73 Å². The summed E-state index contributed by atoms with van der Waals surface area (Å²) in [5.41, 5.74) is 4.82. The molecular weight excluding hydrogens is 200 g/mol. The SMILES string of the molecule is CC(NCCOC(N)=O)c1cccs1. The van der Waals surface area contributed by atoms with Crippen molar-refractivity contribution in [3.05, 3.63) is 22.4 Å². The van der Waals surface area contributed by atoms with Crippen LogP contribution in [0.3, 0.4) is 0 Å². The second-order valence-corrected chi connectivity index (χ2v) is 3.84. The van der Waals surface area contributed by atoms with Crippen LogP contribution in [-0.2, 0) is 4.74 Å². The lowest BCUT2D eigenvalue weighted by Crippen LogP contribution is -2.25.